The van der Waals surface area contributed by atoms with E-state index in [1.807, 2.05) is 22.5 Å². The van der Waals surface area contributed by atoms with Crippen molar-refractivity contribution in [2.45, 2.75) is 39.0 Å². The summed E-state index contributed by atoms with van der Waals surface area (Å²) in [5, 5.41) is 15.4. The van der Waals surface area contributed by atoms with Crippen LogP contribution < -0.4 is 4.90 Å². The number of rotatable bonds is 4. The largest absolute Gasteiger partial charge is 0.451 e. The lowest BCUT2D eigenvalue weighted by atomic mass is 10.1. The standard InChI is InChI=1S/C16H17F3N8/c1-2-27-13(7-11-3-5-21-23-11)24-25-15(27)26-6-4-12-10(9-26)8-20-14(22-12)16(17,18)19/h3,5,8H,2,4,6-7,9H2,1H3,(H,21,23). The second kappa shape index (κ2) is 6.63. The maximum Gasteiger partial charge on any atom is 0.451 e. The molecule has 3 aromatic heterocycles. The van der Waals surface area contributed by atoms with Gasteiger partial charge in [0.2, 0.25) is 11.8 Å². The van der Waals surface area contributed by atoms with Crippen molar-refractivity contribution < 1.29 is 13.2 Å². The normalized spacial score (nSPS) is 14.4. The predicted octanol–water partition coefficient (Wildman–Crippen LogP) is 1.98. The van der Waals surface area contributed by atoms with Crippen LogP contribution in [0.25, 0.3) is 0 Å². The number of H-pyrrole nitrogens is 1. The van der Waals surface area contributed by atoms with Gasteiger partial charge in [-0.05, 0) is 13.0 Å². The van der Waals surface area contributed by atoms with E-state index in [1.165, 1.54) is 6.20 Å². The van der Waals surface area contributed by atoms with E-state index in [0.29, 0.717) is 49.7 Å². The number of hydrogen-bond acceptors (Lipinski definition) is 6. The summed E-state index contributed by atoms with van der Waals surface area (Å²) in [6.45, 7) is 3.60. The van der Waals surface area contributed by atoms with E-state index in [9.17, 15) is 13.2 Å². The fraction of sp³-hybridized carbons (Fsp3) is 0.438. The Morgan fingerprint density at radius 2 is 2.11 bits per heavy atom. The summed E-state index contributed by atoms with van der Waals surface area (Å²) in [6, 6.07) is 1.88. The van der Waals surface area contributed by atoms with E-state index in [-0.39, 0.29) is 0 Å². The Morgan fingerprint density at radius 3 is 2.81 bits per heavy atom. The topological polar surface area (TPSA) is 88.4 Å². The van der Waals surface area contributed by atoms with Crippen molar-refractivity contribution in [1.29, 1.82) is 0 Å². The third-order valence-electron chi connectivity index (χ3n) is 4.50. The second-order valence-electron chi connectivity index (χ2n) is 6.25. The molecule has 1 N–H and O–H groups in total. The van der Waals surface area contributed by atoms with Gasteiger partial charge in [0.25, 0.3) is 0 Å². The summed E-state index contributed by atoms with van der Waals surface area (Å²) < 4.78 is 40.4. The highest BCUT2D eigenvalue weighted by Crippen LogP contribution is 2.29. The summed E-state index contributed by atoms with van der Waals surface area (Å²) in [5.74, 6) is 0.400. The molecule has 1 aliphatic heterocycles. The molecule has 0 atom stereocenters. The van der Waals surface area contributed by atoms with Crippen LogP contribution in [0.3, 0.4) is 0 Å². The predicted molar refractivity (Wildman–Crippen MR) is 88.9 cm³/mol. The fourth-order valence-corrected chi connectivity index (χ4v) is 3.19. The molecule has 4 rings (SSSR count). The number of nitrogens with zero attached hydrogens (tertiary/aromatic N) is 7. The Balaban J connectivity index is 1.58. The molecule has 0 aliphatic carbocycles. The smallest absolute Gasteiger partial charge is 0.336 e. The molecule has 8 nitrogen and oxygen atoms in total. The van der Waals surface area contributed by atoms with E-state index < -0.39 is 12.0 Å². The van der Waals surface area contributed by atoms with Gasteiger partial charge in [-0.3, -0.25) is 9.67 Å². The Bertz CT molecular complexity index is 932. The Hall–Kier alpha value is -2.98. The first kappa shape index (κ1) is 17.4. The van der Waals surface area contributed by atoms with Crippen LogP contribution in [0.5, 0.6) is 0 Å². The van der Waals surface area contributed by atoms with Crippen LogP contribution in [0.2, 0.25) is 0 Å². The van der Waals surface area contributed by atoms with Gasteiger partial charge < -0.3 is 4.90 Å². The third kappa shape index (κ3) is 3.36. The number of aromatic nitrogens is 7. The van der Waals surface area contributed by atoms with Gasteiger partial charge in [-0.2, -0.15) is 18.3 Å². The lowest BCUT2D eigenvalue weighted by Crippen LogP contribution is -2.34. The van der Waals surface area contributed by atoms with Crippen LogP contribution in [-0.2, 0) is 32.1 Å². The lowest BCUT2D eigenvalue weighted by Gasteiger charge is -2.29. The zero-order valence-electron chi connectivity index (χ0n) is 14.5. The molecule has 0 fully saturated rings. The van der Waals surface area contributed by atoms with Crippen LogP contribution in [0, 0.1) is 0 Å². The number of anilines is 1. The van der Waals surface area contributed by atoms with Crippen molar-refractivity contribution in [1.82, 2.24) is 34.9 Å². The van der Waals surface area contributed by atoms with Gasteiger partial charge in [0, 0.05) is 56.1 Å². The minimum atomic E-state index is -4.53. The highest BCUT2D eigenvalue weighted by molar-refractivity contribution is 5.38. The molecule has 0 saturated carbocycles. The molecule has 0 bridgehead atoms. The van der Waals surface area contributed by atoms with Gasteiger partial charge in [-0.1, -0.05) is 0 Å². The minimum Gasteiger partial charge on any atom is -0.336 e. The molecule has 0 spiro atoms. The first-order chi connectivity index (χ1) is 13.0. The second-order valence-corrected chi connectivity index (χ2v) is 6.25. The van der Waals surface area contributed by atoms with E-state index in [4.69, 9.17) is 0 Å². The van der Waals surface area contributed by atoms with Crippen LogP contribution >= 0.6 is 0 Å². The van der Waals surface area contributed by atoms with E-state index >= 15 is 0 Å². The Labute approximate surface area is 152 Å². The molecule has 1 aliphatic rings. The summed E-state index contributed by atoms with van der Waals surface area (Å²) in [7, 11) is 0. The average Bonchev–Trinajstić information content (AvgIpc) is 3.30. The fourth-order valence-electron chi connectivity index (χ4n) is 3.19. The summed E-state index contributed by atoms with van der Waals surface area (Å²) in [5.41, 5.74) is 2.05. The van der Waals surface area contributed by atoms with Gasteiger partial charge in [-0.25, -0.2) is 9.97 Å². The third-order valence-corrected chi connectivity index (χ3v) is 4.50. The number of alkyl halides is 3. The lowest BCUT2D eigenvalue weighted by molar-refractivity contribution is -0.145. The quantitative estimate of drug-likeness (QED) is 0.747. The van der Waals surface area contributed by atoms with Crippen LogP contribution in [0.1, 0.15) is 35.5 Å². The summed E-state index contributed by atoms with van der Waals surface area (Å²) in [6.07, 6.45) is -0.623. The first-order valence-corrected chi connectivity index (χ1v) is 8.53. The van der Waals surface area contributed by atoms with Crippen molar-refractivity contribution >= 4 is 5.95 Å². The van der Waals surface area contributed by atoms with E-state index in [0.717, 1.165) is 11.5 Å². The number of hydrogen-bond donors (Lipinski definition) is 1. The Morgan fingerprint density at radius 1 is 1.26 bits per heavy atom. The molecule has 142 valence electrons. The summed E-state index contributed by atoms with van der Waals surface area (Å²) in [4.78, 5) is 9.16. The van der Waals surface area contributed by atoms with Crippen LogP contribution in [-0.4, -0.2) is 41.5 Å². The van der Waals surface area contributed by atoms with Gasteiger partial charge in [0.15, 0.2) is 0 Å². The molecule has 0 radical (unpaired) electrons. The molecule has 0 unspecified atom stereocenters. The molecule has 0 amide bonds. The molecule has 4 heterocycles. The van der Waals surface area contributed by atoms with Gasteiger partial charge in [0.1, 0.15) is 5.82 Å². The zero-order valence-corrected chi connectivity index (χ0v) is 14.5. The van der Waals surface area contributed by atoms with Crippen LogP contribution in [0.4, 0.5) is 19.1 Å². The molecular formula is C16H17F3N8. The monoisotopic (exact) mass is 378 g/mol. The summed E-state index contributed by atoms with van der Waals surface area (Å²) >= 11 is 0. The zero-order chi connectivity index (χ0) is 19.0. The first-order valence-electron chi connectivity index (χ1n) is 8.53. The molecule has 27 heavy (non-hydrogen) atoms. The molecule has 0 saturated heterocycles. The molecule has 11 heteroatoms. The van der Waals surface area contributed by atoms with Gasteiger partial charge >= 0.3 is 6.18 Å². The van der Waals surface area contributed by atoms with E-state index in [1.54, 1.807) is 6.20 Å². The van der Waals surface area contributed by atoms with Crippen molar-refractivity contribution in [2.24, 2.45) is 0 Å². The van der Waals surface area contributed by atoms with Crippen molar-refractivity contribution in [3.05, 3.63) is 47.1 Å². The van der Waals surface area contributed by atoms with Crippen molar-refractivity contribution in [3.63, 3.8) is 0 Å². The maximum absolute atomic E-state index is 12.8. The van der Waals surface area contributed by atoms with E-state index in [2.05, 4.69) is 30.4 Å². The van der Waals surface area contributed by atoms with Crippen molar-refractivity contribution in [3.8, 4) is 0 Å². The number of fused-ring (bicyclic) bond motifs is 1. The van der Waals surface area contributed by atoms with Crippen molar-refractivity contribution in [2.75, 3.05) is 11.4 Å². The number of aromatic amines is 1. The number of nitrogens with one attached hydrogen (secondary N) is 1. The SMILES string of the molecule is CCn1c(Cc2ccn[nH]2)nnc1N1CCc2nc(C(F)(F)F)ncc2C1. The van der Waals surface area contributed by atoms with Crippen LogP contribution in [0.15, 0.2) is 18.5 Å². The molecule has 0 aromatic carbocycles. The van der Waals surface area contributed by atoms with Gasteiger partial charge in [-0.15, -0.1) is 10.2 Å². The maximum atomic E-state index is 12.8. The van der Waals surface area contributed by atoms with Gasteiger partial charge in [0.05, 0.1) is 5.69 Å². The minimum absolute atomic E-state index is 0.396. The number of halogens is 3. The highest BCUT2D eigenvalue weighted by Gasteiger charge is 2.36. The average molecular weight is 378 g/mol. The molecular weight excluding hydrogens is 361 g/mol. The highest BCUT2D eigenvalue weighted by atomic mass is 19.4. The molecule has 3 aromatic rings. The Kier molecular flexibility index (Phi) is 4.28.